The highest BCUT2D eigenvalue weighted by atomic mass is 16.5. The van der Waals surface area contributed by atoms with Crippen LogP contribution in [-0.2, 0) is 22.7 Å². The van der Waals surface area contributed by atoms with Crippen LogP contribution in [0.1, 0.15) is 44.2 Å². The van der Waals surface area contributed by atoms with Gasteiger partial charge in [-0.3, -0.25) is 19.8 Å². The molecule has 0 spiro atoms. The molecular formula is C26H35N3O4. The van der Waals surface area contributed by atoms with Gasteiger partial charge < -0.3 is 14.7 Å². The van der Waals surface area contributed by atoms with E-state index in [9.17, 15) is 9.59 Å². The van der Waals surface area contributed by atoms with E-state index in [4.69, 9.17) is 9.84 Å². The number of amides is 2. The van der Waals surface area contributed by atoms with Crippen LogP contribution in [0.3, 0.4) is 0 Å². The number of ether oxygens (including phenoxy) is 1. The van der Waals surface area contributed by atoms with Gasteiger partial charge >= 0.3 is 0 Å². The standard InChI is InChI=1S/C26H35N3O4/c1-3-28(4-2)15-6-5-9-20(10-8-16-30)19-33-24-12-7-11-21-17-29(18-22(21)24)23-13-14-25(31)27-26(23)32/h5,7-12,16,23,30H,3-4,6,13-15,17-19H2,1-2H3,(H,27,31,32)/b9-5-,16-8+,20-10+. The van der Waals surface area contributed by atoms with Crippen LogP contribution in [-0.4, -0.2) is 59.0 Å². The summed E-state index contributed by atoms with van der Waals surface area (Å²) in [6.45, 7) is 9.08. The van der Waals surface area contributed by atoms with Gasteiger partial charge in [-0.2, -0.15) is 0 Å². The fraction of sp³-hybridized carbons (Fsp3) is 0.462. The Labute approximate surface area is 196 Å². The summed E-state index contributed by atoms with van der Waals surface area (Å²) in [6, 6.07) is 5.70. The molecule has 3 rings (SSSR count). The lowest BCUT2D eigenvalue weighted by molar-refractivity contribution is -0.137. The van der Waals surface area contributed by atoms with Gasteiger partial charge in [0.1, 0.15) is 12.4 Å². The second-order valence-corrected chi connectivity index (χ2v) is 8.36. The van der Waals surface area contributed by atoms with E-state index in [2.05, 4.69) is 41.1 Å². The van der Waals surface area contributed by atoms with E-state index in [-0.39, 0.29) is 17.9 Å². The molecule has 2 amide bonds. The Morgan fingerprint density at radius 1 is 1.27 bits per heavy atom. The molecule has 7 heteroatoms. The molecule has 0 radical (unpaired) electrons. The van der Waals surface area contributed by atoms with Crippen molar-refractivity contribution in [3.8, 4) is 5.75 Å². The molecule has 1 unspecified atom stereocenters. The third-order valence-electron chi connectivity index (χ3n) is 6.24. The molecule has 1 aromatic carbocycles. The summed E-state index contributed by atoms with van der Waals surface area (Å²) in [4.78, 5) is 28.3. The van der Waals surface area contributed by atoms with Gasteiger partial charge in [-0.05, 0) is 49.2 Å². The number of hydrogen-bond donors (Lipinski definition) is 2. The number of benzene rings is 1. The number of nitrogens with zero attached hydrogens (tertiary/aromatic N) is 2. The number of fused-ring (bicyclic) bond motifs is 1. The zero-order chi connectivity index (χ0) is 23.6. The third kappa shape index (κ3) is 6.79. The van der Waals surface area contributed by atoms with E-state index in [1.807, 2.05) is 24.3 Å². The Kier molecular flexibility index (Phi) is 9.27. The Morgan fingerprint density at radius 3 is 2.82 bits per heavy atom. The van der Waals surface area contributed by atoms with Crippen LogP contribution in [0.25, 0.3) is 0 Å². The molecule has 1 saturated heterocycles. The monoisotopic (exact) mass is 453 g/mol. The van der Waals surface area contributed by atoms with Gasteiger partial charge in [0.15, 0.2) is 0 Å². The van der Waals surface area contributed by atoms with Crippen LogP contribution in [0, 0.1) is 0 Å². The first-order chi connectivity index (χ1) is 16.0. The molecule has 1 fully saturated rings. The van der Waals surface area contributed by atoms with Gasteiger partial charge in [0.2, 0.25) is 11.8 Å². The first kappa shape index (κ1) is 24.7. The Hall–Kier alpha value is -2.90. The van der Waals surface area contributed by atoms with E-state index in [0.717, 1.165) is 54.8 Å². The summed E-state index contributed by atoms with van der Waals surface area (Å²) in [5.74, 6) is 0.397. The number of aliphatic hydroxyl groups is 1. The van der Waals surface area contributed by atoms with E-state index in [1.165, 1.54) is 0 Å². The summed E-state index contributed by atoms with van der Waals surface area (Å²) in [5.41, 5.74) is 3.19. The summed E-state index contributed by atoms with van der Waals surface area (Å²) in [7, 11) is 0. The van der Waals surface area contributed by atoms with Crippen LogP contribution in [0.5, 0.6) is 5.75 Å². The minimum atomic E-state index is -0.290. The van der Waals surface area contributed by atoms with Crippen molar-refractivity contribution in [3.05, 3.63) is 65.5 Å². The number of allylic oxidation sites excluding steroid dienone is 2. The van der Waals surface area contributed by atoms with Crippen LogP contribution in [0.15, 0.2) is 54.3 Å². The lowest BCUT2D eigenvalue weighted by Gasteiger charge is -2.29. The van der Waals surface area contributed by atoms with Crippen molar-refractivity contribution < 1.29 is 19.4 Å². The van der Waals surface area contributed by atoms with Gasteiger partial charge in [-0.15, -0.1) is 0 Å². The number of aliphatic hydroxyl groups excluding tert-OH is 1. The Balaban J connectivity index is 1.62. The highest BCUT2D eigenvalue weighted by Crippen LogP contribution is 2.33. The average molecular weight is 454 g/mol. The predicted molar refractivity (Wildman–Crippen MR) is 129 cm³/mol. The van der Waals surface area contributed by atoms with Crippen LogP contribution >= 0.6 is 0 Å². The molecule has 0 bridgehead atoms. The van der Waals surface area contributed by atoms with Gasteiger partial charge in [0, 0.05) is 31.6 Å². The number of imide groups is 1. The van der Waals surface area contributed by atoms with Gasteiger partial charge in [0.05, 0.1) is 12.3 Å². The molecule has 0 aliphatic carbocycles. The smallest absolute Gasteiger partial charge is 0.243 e. The minimum absolute atomic E-state index is 0.196. The highest BCUT2D eigenvalue weighted by Gasteiger charge is 2.35. The van der Waals surface area contributed by atoms with E-state index >= 15 is 0 Å². The van der Waals surface area contributed by atoms with E-state index in [1.54, 1.807) is 6.08 Å². The first-order valence-corrected chi connectivity index (χ1v) is 11.8. The predicted octanol–water partition coefficient (Wildman–Crippen LogP) is 3.47. The minimum Gasteiger partial charge on any atom is -0.516 e. The molecular weight excluding hydrogens is 418 g/mol. The summed E-state index contributed by atoms with van der Waals surface area (Å²) >= 11 is 0. The summed E-state index contributed by atoms with van der Waals surface area (Å²) < 4.78 is 6.18. The molecule has 2 aliphatic heterocycles. The molecule has 178 valence electrons. The zero-order valence-electron chi connectivity index (χ0n) is 19.6. The molecule has 1 aromatic rings. The Morgan fingerprint density at radius 2 is 2.09 bits per heavy atom. The molecule has 7 nitrogen and oxygen atoms in total. The van der Waals surface area contributed by atoms with Crippen molar-refractivity contribution in [2.75, 3.05) is 26.2 Å². The maximum atomic E-state index is 12.3. The van der Waals surface area contributed by atoms with Gasteiger partial charge in [0.25, 0.3) is 0 Å². The second kappa shape index (κ2) is 12.4. The molecule has 33 heavy (non-hydrogen) atoms. The number of carbonyl (C=O) groups is 2. The van der Waals surface area contributed by atoms with E-state index in [0.29, 0.717) is 32.5 Å². The van der Waals surface area contributed by atoms with Crippen molar-refractivity contribution in [1.82, 2.24) is 15.1 Å². The maximum Gasteiger partial charge on any atom is 0.243 e. The number of carbonyl (C=O) groups excluding carboxylic acids is 2. The summed E-state index contributed by atoms with van der Waals surface area (Å²) in [6.07, 6.45) is 10.5. The zero-order valence-corrected chi connectivity index (χ0v) is 19.6. The van der Waals surface area contributed by atoms with Gasteiger partial charge in [-0.1, -0.05) is 44.2 Å². The van der Waals surface area contributed by atoms with Crippen LogP contribution < -0.4 is 10.1 Å². The van der Waals surface area contributed by atoms with Crippen LogP contribution in [0.4, 0.5) is 0 Å². The number of piperidine rings is 1. The summed E-state index contributed by atoms with van der Waals surface area (Å²) in [5, 5.41) is 11.5. The number of hydrogen-bond acceptors (Lipinski definition) is 6. The maximum absolute atomic E-state index is 12.3. The van der Waals surface area contributed by atoms with Crippen molar-refractivity contribution in [2.24, 2.45) is 0 Å². The topological polar surface area (TPSA) is 82.1 Å². The van der Waals surface area contributed by atoms with Crippen molar-refractivity contribution >= 4 is 11.8 Å². The van der Waals surface area contributed by atoms with E-state index < -0.39 is 0 Å². The lowest BCUT2D eigenvalue weighted by Crippen LogP contribution is -2.50. The molecule has 2 N–H and O–H groups in total. The third-order valence-corrected chi connectivity index (χ3v) is 6.24. The van der Waals surface area contributed by atoms with Crippen LogP contribution in [0.2, 0.25) is 0 Å². The number of nitrogens with one attached hydrogen (secondary N) is 1. The van der Waals surface area contributed by atoms with Crippen molar-refractivity contribution in [2.45, 2.75) is 52.2 Å². The SMILES string of the molecule is CCN(CC)CC\C=C/C(=C\C=C\O)COc1cccc2c1CN(C1CCC(=O)NC1=O)C2. The quantitative estimate of drug-likeness (QED) is 0.303. The normalized spacial score (nSPS) is 19.6. The largest absolute Gasteiger partial charge is 0.516 e. The lowest BCUT2D eigenvalue weighted by atomic mass is 10.0. The van der Waals surface area contributed by atoms with Gasteiger partial charge in [-0.25, -0.2) is 0 Å². The highest BCUT2D eigenvalue weighted by molar-refractivity contribution is 6.00. The van der Waals surface area contributed by atoms with Crippen molar-refractivity contribution in [1.29, 1.82) is 0 Å². The second-order valence-electron chi connectivity index (χ2n) is 8.36. The Bertz CT molecular complexity index is 918. The fourth-order valence-electron chi connectivity index (χ4n) is 4.31. The first-order valence-electron chi connectivity index (χ1n) is 11.8. The average Bonchev–Trinajstić information content (AvgIpc) is 3.25. The number of rotatable bonds is 11. The fourth-order valence-corrected chi connectivity index (χ4v) is 4.31. The molecule has 0 aromatic heterocycles. The molecule has 2 heterocycles. The molecule has 2 aliphatic rings. The molecule has 1 atom stereocenters. The molecule has 0 saturated carbocycles. The van der Waals surface area contributed by atoms with Crippen molar-refractivity contribution in [3.63, 3.8) is 0 Å².